The summed E-state index contributed by atoms with van der Waals surface area (Å²) >= 11 is 1.62. The molecule has 0 radical (unpaired) electrons. The van der Waals surface area contributed by atoms with Crippen LogP contribution >= 0.6 is 11.3 Å². The second-order valence-electron chi connectivity index (χ2n) is 4.41. The molecule has 0 aromatic carbocycles. The van der Waals surface area contributed by atoms with Gasteiger partial charge in [0.05, 0.1) is 24.1 Å². The summed E-state index contributed by atoms with van der Waals surface area (Å²) in [7, 11) is 0. The number of morpholine rings is 1. The summed E-state index contributed by atoms with van der Waals surface area (Å²) in [5, 5.41) is 6.02. The van der Waals surface area contributed by atoms with Crippen LogP contribution in [0.4, 0.5) is 0 Å². The van der Waals surface area contributed by atoms with Gasteiger partial charge in [-0.2, -0.15) is 4.98 Å². The fourth-order valence-electron chi connectivity index (χ4n) is 2.05. The molecule has 2 aromatic rings. The lowest BCUT2D eigenvalue weighted by Gasteiger charge is -2.29. The van der Waals surface area contributed by atoms with Crippen LogP contribution in [-0.4, -0.2) is 40.8 Å². The predicted octanol–water partition coefficient (Wildman–Crippen LogP) is 2.02. The van der Waals surface area contributed by atoms with Crippen LogP contribution in [0.15, 0.2) is 22.0 Å². The zero-order valence-corrected chi connectivity index (χ0v) is 11.0. The molecule has 5 nitrogen and oxygen atoms in total. The van der Waals surface area contributed by atoms with Crippen LogP contribution < -0.4 is 0 Å². The van der Waals surface area contributed by atoms with E-state index in [1.165, 1.54) is 0 Å². The van der Waals surface area contributed by atoms with E-state index >= 15 is 0 Å². The van der Waals surface area contributed by atoms with E-state index in [-0.39, 0.29) is 6.10 Å². The van der Waals surface area contributed by atoms with Crippen molar-refractivity contribution in [2.45, 2.75) is 19.6 Å². The molecule has 1 aliphatic rings. The van der Waals surface area contributed by atoms with E-state index in [1.807, 2.05) is 17.5 Å². The molecule has 1 fully saturated rings. The van der Waals surface area contributed by atoms with E-state index < -0.39 is 0 Å². The maximum Gasteiger partial charge on any atom is 0.241 e. The SMILES string of the molecule is CC1CN(Cc2nc(-c3cccs3)no2)CCO1. The highest BCUT2D eigenvalue weighted by Crippen LogP contribution is 2.21. The van der Waals surface area contributed by atoms with Crippen molar-refractivity contribution >= 4 is 11.3 Å². The van der Waals surface area contributed by atoms with E-state index in [0.29, 0.717) is 18.3 Å². The zero-order chi connectivity index (χ0) is 12.4. The van der Waals surface area contributed by atoms with Crippen LogP contribution in [0.5, 0.6) is 0 Å². The Morgan fingerprint density at radius 2 is 2.50 bits per heavy atom. The Balaban J connectivity index is 1.66. The van der Waals surface area contributed by atoms with Crippen molar-refractivity contribution < 1.29 is 9.26 Å². The highest BCUT2D eigenvalue weighted by Gasteiger charge is 2.19. The van der Waals surface area contributed by atoms with Gasteiger partial charge in [-0.1, -0.05) is 11.2 Å². The van der Waals surface area contributed by atoms with Gasteiger partial charge in [0.2, 0.25) is 11.7 Å². The van der Waals surface area contributed by atoms with Crippen molar-refractivity contribution in [2.24, 2.45) is 0 Å². The molecule has 6 heteroatoms. The molecule has 1 unspecified atom stereocenters. The minimum atomic E-state index is 0.276. The third-order valence-electron chi connectivity index (χ3n) is 2.89. The molecule has 3 heterocycles. The second-order valence-corrected chi connectivity index (χ2v) is 5.35. The molecule has 2 aromatic heterocycles. The fourth-order valence-corrected chi connectivity index (χ4v) is 2.70. The van der Waals surface area contributed by atoms with Gasteiger partial charge in [0.1, 0.15) is 0 Å². The molecule has 1 atom stereocenters. The molecule has 0 spiro atoms. The molecule has 96 valence electrons. The molecule has 0 amide bonds. The molecule has 18 heavy (non-hydrogen) atoms. The lowest BCUT2D eigenvalue weighted by atomic mass is 10.3. The summed E-state index contributed by atoms with van der Waals surface area (Å²) in [6.07, 6.45) is 0.276. The van der Waals surface area contributed by atoms with E-state index in [4.69, 9.17) is 9.26 Å². The zero-order valence-electron chi connectivity index (χ0n) is 10.2. The second kappa shape index (κ2) is 5.17. The lowest BCUT2D eigenvalue weighted by Crippen LogP contribution is -2.40. The number of rotatable bonds is 3. The van der Waals surface area contributed by atoms with Gasteiger partial charge in [0.25, 0.3) is 0 Å². The maximum absolute atomic E-state index is 5.50. The number of thiophene rings is 1. The molecule has 0 aliphatic carbocycles. The van der Waals surface area contributed by atoms with Crippen molar-refractivity contribution in [2.75, 3.05) is 19.7 Å². The number of nitrogens with zero attached hydrogens (tertiary/aromatic N) is 3. The molecular weight excluding hydrogens is 250 g/mol. The van der Waals surface area contributed by atoms with Crippen LogP contribution in [0, 0.1) is 0 Å². The normalized spacial score (nSPS) is 21.3. The van der Waals surface area contributed by atoms with Crippen molar-refractivity contribution in [1.82, 2.24) is 15.0 Å². The Kier molecular flexibility index (Phi) is 3.40. The summed E-state index contributed by atoms with van der Waals surface area (Å²) in [6.45, 7) is 5.38. The van der Waals surface area contributed by atoms with Crippen molar-refractivity contribution in [1.29, 1.82) is 0 Å². The molecule has 0 bridgehead atoms. The molecule has 1 aliphatic heterocycles. The maximum atomic E-state index is 5.50. The first-order valence-corrected chi connectivity index (χ1v) is 6.89. The van der Waals surface area contributed by atoms with Gasteiger partial charge in [-0.15, -0.1) is 11.3 Å². The summed E-state index contributed by atoms with van der Waals surface area (Å²) in [4.78, 5) is 7.74. The minimum absolute atomic E-state index is 0.276. The third-order valence-corrected chi connectivity index (χ3v) is 3.76. The minimum Gasteiger partial charge on any atom is -0.376 e. The molecule has 0 N–H and O–H groups in total. The standard InChI is InChI=1S/C12H15N3O2S/c1-9-7-15(4-5-16-9)8-11-13-12(14-17-11)10-3-2-6-18-10/h2-3,6,9H,4-5,7-8H2,1H3. The molecule has 1 saturated heterocycles. The summed E-state index contributed by atoms with van der Waals surface area (Å²) in [5.74, 6) is 1.36. The number of hydrogen-bond donors (Lipinski definition) is 0. The smallest absolute Gasteiger partial charge is 0.241 e. The van der Waals surface area contributed by atoms with E-state index in [0.717, 1.165) is 24.6 Å². The van der Waals surface area contributed by atoms with E-state index in [9.17, 15) is 0 Å². The highest BCUT2D eigenvalue weighted by molar-refractivity contribution is 7.13. The Bertz CT molecular complexity index is 497. The first kappa shape index (κ1) is 11.8. The van der Waals surface area contributed by atoms with Crippen LogP contribution in [0.3, 0.4) is 0 Å². The molecule has 3 rings (SSSR count). The van der Waals surface area contributed by atoms with Crippen molar-refractivity contribution in [3.05, 3.63) is 23.4 Å². The first-order chi connectivity index (χ1) is 8.81. The van der Waals surface area contributed by atoms with Crippen LogP contribution in [0.2, 0.25) is 0 Å². The topological polar surface area (TPSA) is 51.4 Å². The Labute approximate surface area is 109 Å². The quantitative estimate of drug-likeness (QED) is 0.849. The van der Waals surface area contributed by atoms with Gasteiger partial charge in [0, 0.05) is 13.1 Å². The average Bonchev–Trinajstić information content (AvgIpc) is 2.98. The van der Waals surface area contributed by atoms with Crippen molar-refractivity contribution in [3.63, 3.8) is 0 Å². The van der Waals surface area contributed by atoms with Gasteiger partial charge < -0.3 is 9.26 Å². The third kappa shape index (κ3) is 2.60. The number of ether oxygens (including phenoxy) is 1. The fraction of sp³-hybridized carbons (Fsp3) is 0.500. The summed E-state index contributed by atoms with van der Waals surface area (Å²) in [6, 6.07) is 3.98. The monoisotopic (exact) mass is 265 g/mol. The van der Waals surface area contributed by atoms with Crippen LogP contribution in [-0.2, 0) is 11.3 Å². The summed E-state index contributed by atoms with van der Waals surface area (Å²) in [5.41, 5.74) is 0. The van der Waals surface area contributed by atoms with Gasteiger partial charge in [0.15, 0.2) is 0 Å². The van der Waals surface area contributed by atoms with Crippen molar-refractivity contribution in [3.8, 4) is 10.7 Å². The predicted molar refractivity (Wildman–Crippen MR) is 68.3 cm³/mol. The first-order valence-electron chi connectivity index (χ1n) is 6.01. The lowest BCUT2D eigenvalue weighted by molar-refractivity contribution is -0.0240. The number of aromatic nitrogens is 2. The van der Waals surface area contributed by atoms with Crippen LogP contribution in [0.1, 0.15) is 12.8 Å². The average molecular weight is 265 g/mol. The Morgan fingerprint density at radius 3 is 3.28 bits per heavy atom. The van der Waals surface area contributed by atoms with E-state index in [2.05, 4.69) is 22.0 Å². The van der Waals surface area contributed by atoms with Gasteiger partial charge >= 0.3 is 0 Å². The Hall–Kier alpha value is -1.24. The molecule has 0 saturated carbocycles. The van der Waals surface area contributed by atoms with Gasteiger partial charge in [-0.3, -0.25) is 4.90 Å². The number of hydrogen-bond acceptors (Lipinski definition) is 6. The van der Waals surface area contributed by atoms with E-state index in [1.54, 1.807) is 11.3 Å². The largest absolute Gasteiger partial charge is 0.376 e. The molecular formula is C12H15N3O2S. The Morgan fingerprint density at radius 1 is 1.56 bits per heavy atom. The van der Waals surface area contributed by atoms with Crippen LogP contribution in [0.25, 0.3) is 10.7 Å². The highest BCUT2D eigenvalue weighted by atomic mass is 32.1. The van der Waals surface area contributed by atoms with Gasteiger partial charge in [-0.05, 0) is 18.4 Å². The van der Waals surface area contributed by atoms with Gasteiger partial charge in [-0.25, -0.2) is 0 Å². The summed E-state index contributed by atoms with van der Waals surface area (Å²) < 4.78 is 10.8.